The molecule has 2 heterocycles. The lowest BCUT2D eigenvalue weighted by Gasteiger charge is -2.35. The molecule has 1 aromatic heterocycles. The number of carbonyl (C=O) groups excluding carboxylic acids is 1. The number of hydrogen-bond acceptors (Lipinski definition) is 3. The molecule has 4 rings (SSSR count). The van der Waals surface area contributed by atoms with Gasteiger partial charge in [0.2, 0.25) is 5.91 Å². The van der Waals surface area contributed by atoms with Crippen molar-refractivity contribution in [1.82, 2.24) is 14.4 Å². The van der Waals surface area contributed by atoms with Crippen LogP contribution in [0.4, 0.5) is 0 Å². The van der Waals surface area contributed by atoms with Crippen molar-refractivity contribution >= 4 is 5.91 Å². The second kappa shape index (κ2) is 9.63. The van der Waals surface area contributed by atoms with Crippen LogP contribution < -0.4 is 4.74 Å². The number of carbonyl (C=O) groups is 1. The summed E-state index contributed by atoms with van der Waals surface area (Å²) < 4.78 is 7.40. The normalized spacial score (nSPS) is 15.7. The first kappa shape index (κ1) is 20.2. The van der Waals surface area contributed by atoms with Crippen LogP contribution in [0.2, 0.25) is 0 Å². The van der Waals surface area contributed by atoms with Crippen molar-refractivity contribution in [2.45, 2.75) is 19.0 Å². The summed E-state index contributed by atoms with van der Waals surface area (Å²) in [5, 5.41) is 0. The van der Waals surface area contributed by atoms with Gasteiger partial charge in [-0.2, -0.15) is 0 Å². The van der Waals surface area contributed by atoms with Gasteiger partial charge in [0.1, 0.15) is 5.75 Å². The number of rotatable bonds is 7. The summed E-state index contributed by atoms with van der Waals surface area (Å²) in [5.41, 5.74) is 2.44. The molecule has 1 amide bonds. The monoisotopic (exact) mass is 403 g/mol. The Labute approximate surface area is 178 Å². The zero-order valence-electron chi connectivity index (χ0n) is 17.5. The van der Waals surface area contributed by atoms with E-state index in [9.17, 15) is 4.79 Å². The van der Waals surface area contributed by atoms with E-state index in [0.717, 1.165) is 44.0 Å². The van der Waals surface area contributed by atoms with Crippen LogP contribution in [-0.4, -0.2) is 53.6 Å². The van der Waals surface area contributed by atoms with Gasteiger partial charge in [-0.25, -0.2) is 0 Å². The van der Waals surface area contributed by atoms with Crippen molar-refractivity contribution in [1.29, 1.82) is 0 Å². The molecule has 1 fully saturated rings. The highest BCUT2D eigenvalue weighted by Gasteiger charge is 2.25. The standard InChI is InChI=1S/C25H29N3O2/c1-30-23-11-9-22(10-12-23)24(27-13-5-6-14-27)19-25(29)28-17-15-26(16-18-28)20-21-7-3-2-4-8-21/h2-14,24H,15-20H2,1H3/t24-/m1/s1. The molecule has 1 aliphatic rings. The first-order valence-electron chi connectivity index (χ1n) is 10.5. The third-order valence-electron chi connectivity index (χ3n) is 5.83. The summed E-state index contributed by atoms with van der Waals surface area (Å²) in [5.74, 6) is 1.04. The Balaban J connectivity index is 1.38. The lowest BCUT2D eigenvalue weighted by atomic mass is 10.0. The third-order valence-corrected chi connectivity index (χ3v) is 5.83. The van der Waals surface area contributed by atoms with E-state index in [-0.39, 0.29) is 11.9 Å². The largest absolute Gasteiger partial charge is 0.497 e. The van der Waals surface area contributed by atoms with Crippen molar-refractivity contribution in [3.63, 3.8) is 0 Å². The Morgan fingerprint density at radius 1 is 0.900 bits per heavy atom. The smallest absolute Gasteiger partial charge is 0.225 e. The molecule has 1 saturated heterocycles. The molecule has 1 aliphatic heterocycles. The van der Waals surface area contributed by atoms with E-state index in [1.165, 1.54) is 5.56 Å². The van der Waals surface area contributed by atoms with Crippen LogP contribution in [0.1, 0.15) is 23.6 Å². The van der Waals surface area contributed by atoms with Gasteiger partial charge in [-0.15, -0.1) is 0 Å². The second-order valence-electron chi connectivity index (χ2n) is 7.77. The van der Waals surface area contributed by atoms with Gasteiger partial charge >= 0.3 is 0 Å². The van der Waals surface area contributed by atoms with E-state index in [1.807, 2.05) is 47.6 Å². The molecule has 0 N–H and O–H groups in total. The maximum Gasteiger partial charge on any atom is 0.225 e. The summed E-state index contributed by atoms with van der Waals surface area (Å²) >= 11 is 0. The van der Waals surface area contributed by atoms with Crippen molar-refractivity contribution in [3.8, 4) is 5.75 Å². The quantitative estimate of drug-likeness (QED) is 0.602. The lowest BCUT2D eigenvalue weighted by Crippen LogP contribution is -2.48. The second-order valence-corrected chi connectivity index (χ2v) is 7.77. The fourth-order valence-electron chi connectivity index (χ4n) is 4.07. The van der Waals surface area contributed by atoms with Crippen LogP contribution in [0, 0.1) is 0 Å². The van der Waals surface area contributed by atoms with Crippen molar-refractivity contribution in [2.24, 2.45) is 0 Å². The molecular formula is C25H29N3O2. The number of amides is 1. The molecule has 156 valence electrons. The highest BCUT2D eigenvalue weighted by molar-refractivity contribution is 5.77. The number of piperazine rings is 1. The average molecular weight is 404 g/mol. The molecule has 30 heavy (non-hydrogen) atoms. The lowest BCUT2D eigenvalue weighted by molar-refractivity contribution is -0.133. The Kier molecular flexibility index (Phi) is 6.50. The zero-order valence-corrected chi connectivity index (χ0v) is 17.5. The van der Waals surface area contributed by atoms with E-state index >= 15 is 0 Å². The summed E-state index contributed by atoms with van der Waals surface area (Å²) in [6.07, 6.45) is 4.51. The molecule has 0 bridgehead atoms. The predicted octanol–water partition coefficient (Wildman–Crippen LogP) is 3.82. The van der Waals surface area contributed by atoms with Crippen LogP contribution in [0.15, 0.2) is 79.1 Å². The number of ether oxygens (including phenoxy) is 1. The Hall–Kier alpha value is -3.05. The molecule has 0 spiro atoms. The van der Waals surface area contributed by atoms with Crippen LogP contribution >= 0.6 is 0 Å². The van der Waals surface area contributed by atoms with E-state index in [2.05, 4.69) is 45.9 Å². The van der Waals surface area contributed by atoms with Crippen LogP contribution in [-0.2, 0) is 11.3 Å². The predicted molar refractivity (Wildman–Crippen MR) is 118 cm³/mol. The van der Waals surface area contributed by atoms with E-state index in [4.69, 9.17) is 4.74 Å². The molecular weight excluding hydrogens is 374 g/mol. The van der Waals surface area contributed by atoms with Gasteiger partial charge in [0.25, 0.3) is 0 Å². The van der Waals surface area contributed by atoms with Gasteiger partial charge in [0.05, 0.1) is 19.6 Å². The van der Waals surface area contributed by atoms with Crippen LogP contribution in [0.5, 0.6) is 5.75 Å². The number of aromatic nitrogens is 1. The highest BCUT2D eigenvalue weighted by atomic mass is 16.5. The van der Waals surface area contributed by atoms with Gasteiger partial charge in [0, 0.05) is 45.1 Å². The van der Waals surface area contributed by atoms with Crippen LogP contribution in [0.25, 0.3) is 0 Å². The Morgan fingerprint density at radius 2 is 1.57 bits per heavy atom. The van der Waals surface area contributed by atoms with Gasteiger partial charge < -0.3 is 14.2 Å². The summed E-state index contributed by atoms with van der Waals surface area (Å²) in [4.78, 5) is 17.6. The molecule has 5 heteroatoms. The number of nitrogens with zero attached hydrogens (tertiary/aromatic N) is 3. The minimum absolute atomic E-state index is 0.0132. The van der Waals surface area contributed by atoms with Crippen LogP contribution in [0.3, 0.4) is 0 Å². The van der Waals surface area contributed by atoms with Gasteiger partial charge in [-0.1, -0.05) is 42.5 Å². The van der Waals surface area contributed by atoms with Gasteiger partial charge in [-0.05, 0) is 35.4 Å². The van der Waals surface area contributed by atoms with E-state index in [1.54, 1.807) is 7.11 Å². The number of methoxy groups -OCH3 is 1. The fourth-order valence-corrected chi connectivity index (χ4v) is 4.07. The SMILES string of the molecule is COc1ccc([C@@H](CC(=O)N2CCN(Cc3ccccc3)CC2)n2cccc2)cc1. The zero-order chi connectivity index (χ0) is 20.8. The van der Waals surface area contributed by atoms with Gasteiger partial charge in [-0.3, -0.25) is 9.69 Å². The molecule has 5 nitrogen and oxygen atoms in total. The van der Waals surface area contributed by atoms with E-state index < -0.39 is 0 Å². The maximum atomic E-state index is 13.1. The average Bonchev–Trinajstić information content (AvgIpc) is 3.33. The molecule has 0 aliphatic carbocycles. The first-order chi connectivity index (χ1) is 14.7. The maximum absolute atomic E-state index is 13.1. The first-order valence-corrected chi connectivity index (χ1v) is 10.5. The van der Waals surface area contributed by atoms with Gasteiger partial charge in [0.15, 0.2) is 0 Å². The molecule has 3 aromatic rings. The summed E-state index contributed by atoms with van der Waals surface area (Å²) in [7, 11) is 1.67. The Morgan fingerprint density at radius 3 is 2.20 bits per heavy atom. The topological polar surface area (TPSA) is 37.7 Å². The molecule has 2 aromatic carbocycles. The number of benzene rings is 2. The van der Waals surface area contributed by atoms with E-state index in [0.29, 0.717) is 6.42 Å². The third kappa shape index (κ3) is 4.92. The minimum atomic E-state index is -0.0132. The van der Waals surface area contributed by atoms with Crippen molar-refractivity contribution in [2.75, 3.05) is 33.3 Å². The summed E-state index contributed by atoms with van der Waals surface area (Å²) in [6, 6.07) is 22.5. The highest BCUT2D eigenvalue weighted by Crippen LogP contribution is 2.25. The summed E-state index contributed by atoms with van der Waals surface area (Å²) in [6.45, 7) is 4.34. The Bertz CT molecular complexity index is 915. The fraction of sp³-hybridized carbons (Fsp3) is 0.320. The molecule has 0 radical (unpaired) electrons. The van der Waals surface area contributed by atoms with Crippen molar-refractivity contribution in [3.05, 3.63) is 90.3 Å². The molecule has 0 saturated carbocycles. The molecule has 1 atom stereocenters. The molecule has 0 unspecified atom stereocenters. The minimum Gasteiger partial charge on any atom is -0.497 e. The number of hydrogen-bond donors (Lipinski definition) is 0. The van der Waals surface area contributed by atoms with Crippen molar-refractivity contribution < 1.29 is 9.53 Å².